The summed E-state index contributed by atoms with van der Waals surface area (Å²) >= 11 is 8.74. The molecule has 1 aliphatic rings. The van der Waals surface area contributed by atoms with E-state index in [1.54, 1.807) is 6.07 Å². The van der Waals surface area contributed by atoms with Gasteiger partial charge in [0.2, 0.25) is 5.88 Å². The Balaban J connectivity index is 2.03. The van der Waals surface area contributed by atoms with Crippen molar-refractivity contribution < 1.29 is 18.3 Å². The zero-order valence-corrected chi connectivity index (χ0v) is 14.7. The first-order valence-electron chi connectivity index (χ1n) is 7.06. The van der Waals surface area contributed by atoms with Crippen molar-refractivity contribution in [2.75, 3.05) is 13.2 Å². The zero-order chi connectivity index (χ0) is 17.2. The molecule has 0 bridgehead atoms. The molecule has 0 amide bonds. The molecule has 0 radical (unpaired) electrons. The maximum absolute atomic E-state index is 12.3. The van der Waals surface area contributed by atoms with Crippen LogP contribution < -0.4 is 10.1 Å². The van der Waals surface area contributed by atoms with Crippen LogP contribution in [-0.2, 0) is 10.3 Å². The minimum Gasteiger partial charge on any atom is -0.417 e. The fraction of sp³-hybridized carbons (Fsp3) is 0.250. The number of halogens is 3. The van der Waals surface area contributed by atoms with Crippen LogP contribution in [0.25, 0.3) is 0 Å². The van der Waals surface area contributed by atoms with Gasteiger partial charge in [0, 0.05) is 22.3 Å². The first-order valence-corrected chi connectivity index (χ1v) is 8.26. The lowest BCUT2D eigenvalue weighted by Gasteiger charge is -2.40. The number of nitrogens with one attached hydrogen (secondary N) is 1. The molecule has 1 aliphatic heterocycles. The Morgan fingerprint density at radius 2 is 2.12 bits per heavy atom. The summed E-state index contributed by atoms with van der Waals surface area (Å²) in [5, 5.41) is 3.31. The average Bonchev–Trinajstić information content (AvgIpc) is 2.55. The van der Waals surface area contributed by atoms with Crippen LogP contribution in [0.1, 0.15) is 11.1 Å². The Hall–Kier alpha value is -1.64. The largest absolute Gasteiger partial charge is 0.417 e. The molecule has 1 aromatic heterocycles. The van der Waals surface area contributed by atoms with Crippen molar-refractivity contribution in [3.63, 3.8) is 0 Å². The molecule has 2 aromatic rings. The summed E-state index contributed by atoms with van der Waals surface area (Å²) in [6, 6.07) is 10.8. The minimum absolute atomic E-state index is 0.141. The Labute approximate surface area is 151 Å². The lowest BCUT2D eigenvalue weighted by Crippen LogP contribution is -2.54. The first kappa shape index (κ1) is 17.2. The molecule has 1 N–H and O–H groups in total. The fourth-order valence-corrected chi connectivity index (χ4v) is 3.29. The van der Waals surface area contributed by atoms with Crippen LogP contribution in [0.3, 0.4) is 0 Å². The molecule has 0 saturated carbocycles. The lowest BCUT2D eigenvalue weighted by atomic mass is 9.83. The van der Waals surface area contributed by atoms with Crippen LogP contribution in [0.5, 0.6) is 5.88 Å². The van der Waals surface area contributed by atoms with Crippen LogP contribution in [0, 0.1) is 0 Å². The number of rotatable bonds is 4. The van der Waals surface area contributed by atoms with Crippen LogP contribution in [0.4, 0.5) is 8.78 Å². The highest BCUT2D eigenvalue weighted by atomic mass is 79.9. The Bertz CT molecular complexity index is 745. The number of ether oxygens (including phenoxy) is 2. The molecule has 1 aromatic carbocycles. The van der Waals surface area contributed by atoms with Gasteiger partial charge in [-0.3, -0.25) is 0 Å². The summed E-state index contributed by atoms with van der Waals surface area (Å²) < 4.78 is 35.4. The van der Waals surface area contributed by atoms with Crippen molar-refractivity contribution in [1.82, 2.24) is 10.3 Å². The van der Waals surface area contributed by atoms with E-state index >= 15 is 0 Å². The fourth-order valence-electron chi connectivity index (χ4n) is 2.63. The molecule has 4 nitrogen and oxygen atoms in total. The number of alkyl halides is 2. The number of aromatic nitrogens is 1. The zero-order valence-electron chi connectivity index (χ0n) is 12.3. The molecule has 0 spiro atoms. The smallest absolute Gasteiger partial charge is 0.388 e. The van der Waals surface area contributed by atoms with Gasteiger partial charge in [0.15, 0.2) is 0 Å². The monoisotopic (exact) mass is 414 g/mol. The summed E-state index contributed by atoms with van der Waals surface area (Å²) in [6.07, 6.45) is 1.49. The summed E-state index contributed by atoms with van der Waals surface area (Å²) in [5.41, 5.74) is 0.919. The van der Waals surface area contributed by atoms with E-state index < -0.39 is 12.2 Å². The van der Waals surface area contributed by atoms with Crippen LogP contribution in [-0.4, -0.2) is 29.8 Å². The van der Waals surface area contributed by atoms with E-state index in [4.69, 9.17) is 17.0 Å². The molecule has 126 valence electrons. The van der Waals surface area contributed by atoms with Crippen LogP contribution in [0.2, 0.25) is 0 Å². The van der Waals surface area contributed by atoms with E-state index in [-0.39, 0.29) is 5.88 Å². The minimum atomic E-state index is -2.91. The molecule has 2 heterocycles. The number of morpholine rings is 1. The van der Waals surface area contributed by atoms with Crippen molar-refractivity contribution in [2.24, 2.45) is 0 Å². The molecular weight excluding hydrogens is 402 g/mol. The van der Waals surface area contributed by atoms with Crippen molar-refractivity contribution in [3.05, 3.63) is 58.2 Å². The Morgan fingerprint density at radius 3 is 2.75 bits per heavy atom. The number of hydrogen-bond acceptors (Lipinski definition) is 4. The summed E-state index contributed by atoms with van der Waals surface area (Å²) in [7, 11) is 0. The van der Waals surface area contributed by atoms with E-state index in [9.17, 15) is 8.78 Å². The number of thiocarbonyl (C=S) groups is 1. The van der Waals surface area contributed by atoms with Crippen molar-refractivity contribution in [1.29, 1.82) is 0 Å². The molecular formula is C16H13BrF2N2O2S. The van der Waals surface area contributed by atoms with E-state index in [0.717, 1.165) is 15.6 Å². The molecule has 24 heavy (non-hydrogen) atoms. The topological polar surface area (TPSA) is 43.4 Å². The van der Waals surface area contributed by atoms with Crippen molar-refractivity contribution in [3.8, 4) is 5.88 Å². The van der Waals surface area contributed by atoms with Gasteiger partial charge < -0.3 is 14.8 Å². The van der Waals surface area contributed by atoms with Crippen molar-refractivity contribution in [2.45, 2.75) is 12.2 Å². The SMILES string of the molecule is FC(F)Oc1ccc([C@@]2(c3cccc(Br)c3)COCC(=S)N2)cn1. The van der Waals surface area contributed by atoms with Gasteiger partial charge in [-0.2, -0.15) is 8.78 Å². The maximum Gasteiger partial charge on any atom is 0.388 e. The number of nitrogens with zero attached hydrogens (tertiary/aromatic N) is 1. The van der Waals surface area contributed by atoms with Gasteiger partial charge in [-0.25, -0.2) is 4.98 Å². The Kier molecular flexibility index (Phi) is 5.07. The second-order valence-electron chi connectivity index (χ2n) is 5.22. The van der Waals surface area contributed by atoms with E-state index in [2.05, 4.69) is 31.0 Å². The van der Waals surface area contributed by atoms with E-state index in [1.807, 2.05) is 24.3 Å². The summed E-state index contributed by atoms with van der Waals surface area (Å²) in [4.78, 5) is 4.52. The third-order valence-electron chi connectivity index (χ3n) is 3.66. The standard InChI is InChI=1S/C16H13BrF2N2O2S/c17-12-3-1-2-10(6-12)16(9-22-8-14(24)21-16)11-4-5-13(20-7-11)23-15(18)19/h1-7,15H,8-9H2,(H,21,24)/t16-/m0/s1. The predicted molar refractivity (Wildman–Crippen MR) is 92.3 cm³/mol. The molecule has 3 rings (SSSR count). The maximum atomic E-state index is 12.3. The van der Waals surface area contributed by atoms with Crippen molar-refractivity contribution >= 4 is 33.1 Å². The quantitative estimate of drug-likeness (QED) is 0.773. The van der Waals surface area contributed by atoms with Gasteiger partial charge in [-0.15, -0.1) is 0 Å². The number of benzene rings is 1. The molecule has 1 fully saturated rings. The molecule has 0 aliphatic carbocycles. The van der Waals surface area contributed by atoms with E-state index in [1.165, 1.54) is 12.3 Å². The van der Waals surface area contributed by atoms with Gasteiger partial charge >= 0.3 is 6.61 Å². The third kappa shape index (κ3) is 3.55. The molecule has 8 heteroatoms. The molecule has 1 saturated heterocycles. The highest BCUT2D eigenvalue weighted by molar-refractivity contribution is 9.10. The third-order valence-corrected chi connectivity index (χ3v) is 4.37. The summed E-state index contributed by atoms with van der Waals surface area (Å²) in [6.45, 7) is -2.24. The average molecular weight is 415 g/mol. The molecule has 0 unspecified atom stereocenters. The summed E-state index contributed by atoms with van der Waals surface area (Å²) in [5.74, 6) is -0.141. The molecule has 1 atom stereocenters. The van der Waals surface area contributed by atoms with Gasteiger partial charge in [0.1, 0.15) is 10.5 Å². The number of hydrogen-bond donors (Lipinski definition) is 1. The second-order valence-corrected chi connectivity index (χ2v) is 6.63. The normalized spacial score (nSPS) is 20.8. The first-order chi connectivity index (χ1) is 11.5. The second kappa shape index (κ2) is 7.08. The lowest BCUT2D eigenvalue weighted by molar-refractivity contribution is -0.0529. The van der Waals surface area contributed by atoms with Gasteiger partial charge in [-0.1, -0.05) is 40.3 Å². The van der Waals surface area contributed by atoms with Gasteiger partial charge in [-0.05, 0) is 23.8 Å². The predicted octanol–water partition coefficient (Wildman–Crippen LogP) is 3.64. The number of pyridine rings is 1. The van der Waals surface area contributed by atoms with Gasteiger partial charge in [0.05, 0.1) is 13.2 Å². The van der Waals surface area contributed by atoms with Gasteiger partial charge in [0.25, 0.3) is 0 Å². The Morgan fingerprint density at radius 1 is 1.29 bits per heavy atom. The highest BCUT2D eigenvalue weighted by Crippen LogP contribution is 2.34. The van der Waals surface area contributed by atoms with Crippen LogP contribution in [0.15, 0.2) is 47.1 Å². The highest BCUT2D eigenvalue weighted by Gasteiger charge is 2.38. The van der Waals surface area contributed by atoms with E-state index in [0.29, 0.717) is 18.2 Å². The van der Waals surface area contributed by atoms with Crippen LogP contribution >= 0.6 is 28.1 Å².